The highest BCUT2D eigenvalue weighted by atomic mass is 127. The van der Waals surface area contributed by atoms with E-state index in [-0.39, 0.29) is 24.0 Å². The van der Waals surface area contributed by atoms with Gasteiger partial charge in [-0.05, 0) is 39.2 Å². The van der Waals surface area contributed by atoms with Crippen molar-refractivity contribution in [2.75, 3.05) is 39.0 Å². The van der Waals surface area contributed by atoms with E-state index in [1.165, 1.54) is 51.3 Å². The number of guanidine groups is 1. The van der Waals surface area contributed by atoms with Crippen molar-refractivity contribution >= 4 is 40.0 Å². The number of hydrogen-bond donors (Lipinski definition) is 3. The van der Waals surface area contributed by atoms with Crippen molar-refractivity contribution in [2.24, 2.45) is 4.99 Å². The second-order valence-corrected chi connectivity index (χ2v) is 9.03. The van der Waals surface area contributed by atoms with Crippen LogP contribution in [-0.4, -0.2) is 70.3 Å². The predicted octanol–water partition coefficient (Wildman–Crippen LogP) is 1.51. The molecule has 1 heterocycles. The second kappa shape index (κ2) is 12.4. The first-order valence-electron chi connectivity index (χ1n) is 9.71. The Bertz CT molecular complexity index is 523. The maximum Gasteiger partial charge on any atom is 0.208 e. The van der Waals surface area contributed by atoms with Gasteiger partial charge in [0.05, 0.1) is 12.8 Å². The van der Waals surface area contributed by atoms with Gasteiger partial charge >= 0.3 is 0 Å². The van der Waals surface area contributed by atoms with Gasteiger partial charge in [0, 0.05) is 31.7 Å². The fourth-order valence-corrected chi connectivity index (χ4v) is 4.28. The molecule has 1 aliphatic heterocycles. The summed E-state index contributed by atoms with van der Waals surface area (Å²) in [7, 11) is -3.15. The Labute approximate surface area is 176 Å². The Morgan fingerprint density at radius 1 is 1.15 bits per heavy atom. The molecule has 0 aromatic carbocycles. The van der Waals surface area contributed by atoms with Gasteiger partial charge in [0.25, 0.3) is 0 Å². The van der Waals surface area contributed by atoms with Crippen molar-refractivity contribution < 1.29 is 8.42 Å². The molecule has 9 heteroatoms. The summed E-state index contributed by atoms with van der Waals surface area (Å²) in [6, 6.07) is 1.17. The minimum absolute atomic E-state index is 0. The number of hydrogen-bond acceptors (Lipinski definition) is 4. The van der Waals surface area contributed by atoms with E-state index in [9.17, 15) is 8.42 Å². The third-order valence-corrected chi connectivity index (χ3v) is 5.70. The summed E-state index contributed by atoms with van der Waals surface area (Å²) in [6.07, 6.45) is 10.4. The van der Waals surface area contributed by atoms with Crippen LogP contribution in [0.15, 0.2) is 4.99 Å². The molecule has 0 amide bonds. The standard InChI is InChI=1S/C17H35N5O2S.HI/c1-3-18-17(19-11-12-20-25(2,23)24)21-15-8-7-13-22(14-15)16-9-5-4-6-10-16;/h15-16,20H,3-14H2,1-2H3,(H2,18,19,21);1H. The van der Waals surface area contributed by atoms with Crippen molar-refractivity contribution in [3.05, 3.63) is 0 Å². The van der Waals surface area contributed by atoms with Gasteiger partial charge in [0.15, 0.2) is 5.96 Å². The number of piperidine rings is 1. The third-order valence-electron chi connectivity index (χ3n) is 4.97. The maximum absolute atomic E-state index is 11.1. The van der Waals surface area contributed by atoms with Crippen molar-refractivity contribution in [1.29, 1.82) is 0 Å². The minimum Gasteiger partial charge on any atom is -0.357 e. The van der Waals surface area contributed by atoms with Crippen LogP contribution in [0.1, 0.15) is 51.9 Å². The van der Waals surface area contributed by atoms with Gasteiger partial charge in [-0.2, -0.15) is 0 Å². The lowest BCUT2D eigenvalue weighted by Gasteiger charge is -2.40. The number of rotatable bonds is 7. The van der Waals surface area contributed by atoms with Crippen molar-refractivity contribution in [1.82, 2.24) is 20.3 Å². The summed E-state index contributed by atoms with van der Waals surface area (Å²) < 4.78 is 24.7. The molecule has 154 valence electrons. The van der Waals surface area contributed by atoms with E-state index in [0.29, 0.717) is 19.1 Å². The molecule has 0 spiro atoms. The first-order valence-corrected chi connectivity index (χ1v) is 11.6. The second-order valence-electron chi connectivity index (χ2n) is 7.20. The molecule has 1 aliphatic carbocycles. The number of halogens is 1. The maximum atomic E-state index is 11.1. The molecule has 1 atom stereocenters. The molecule has 1 saturated heterocycles. The predicted molar refractivity (Wildman–Crippen MR) is 119 cm³/mol. The van der Waals surface area contributed by atoms with Gasteiger partial charge in [0.2, 0.25) is 10.0 Å². The molecule has 1 unspecified atom stereocenters. The summed E-state index contributed by atoms with van der Waals surface area (Å²) in [5.74, 6) is 0.785. The first-order chi connectivity index (χ1) is 12.0. The molecular weight excluding hydrogens is 465 g/mol. The monoisotopic (exact) mass is 501 g/mol. The van der Waals surface area contributed by atoms with Crippen molar-refractivity contribution in [2.45, 2.75) is 64.0 Å². The lowest BCUT2D eigenvalue weighted by atomic mass is 9.92. The number of nitrogens with zero attached hydrogens (tertiary/aromatic N) is 2. The number of aliphatic imine (C=N–C) groups is 1. The molecule has 3 N–H and O–H groups in total. The Morgan fingerprint density at radius 3 is 2.54 bits per heavy atom. The van der Waals surface area contributed by atoms with Gasteiger partial charge in [-0.3, -0.25) is 9.89 Å². The molecule has 2 fully saturated rings. The number of likely N-dealkylation sites (tertiary alicyclic amines) is 1. The SMILES string of the molecule is CCNC(=NCCNS(C)(=O)=O)NC1CCCN(C2CCCCC2)C1.I. The van der Waals surface area contributed by atoms with E-state index in [1.807, 2.05) is 6.92 Å². The molecule has 2 rings (SSSR count). The minimum atomic E-state index is -3.15. The van der Waals surface area contributed by atoms with Crippen LogP contribution >= 0.6 is 24.0 Å². The molecular formula is C17H36IN5O2S. The molecule has 26 heavy (non-hydrogen) atoms. The summed E-state index contributed by atoms with van der Waals surface area (Å²) >= 11 is 0. The molecule has 1 saturated carbocycles. The van der Waals surface area contributed by atoms with Gasteiger partial charge in [0.1, 0.15) is 0 Å². The quantitative estimate of drug-likeness (QED) is 0.213. The van der Waals surface area contributed by atoms with E-state index in [1.54, 1.807) is 0 Å². The zero-order valence-corrected chi connectivity index (χ0v) is 19.3. The lowest BCUT2D eigenvalue weighted by molar-refractivity contribution is 0.115. The van der Waals surface area contributed by atoms with Crippen LogP contribution in [-0.2, 0) is 10.0 Å². The fourth-order valence-electron chi connectivity index (χ4n) is 3.81. The molecule has 0 bridgehead atoms. The Morgan fingerprint density at radius 2 is 1.88 bits per heavy atom. The van der Waals surface area contributed by atoms with Gasteiger partial charge < -0.3 is 10.6 Å². The average Bonchev–Trinajstić information content (AvgIpc) is 2.59. The van der Waals surface area contributed by atoms with Gasteiger partial charge in [-0.25, -0.2) is 13.1 Å². The largest absolute Gasteiger partial charge is 0.357 e. The topological polar surface area (TPSA) is 85.8 Å². The van der Waals surface area contributed by atoms with Crippen molar-refractivity contribution in [3.63, 3.8) is 0 Å². The van der Waals surface area contributed by atoms with Crippen LogP contribution in [0, 0.1) is 0 Å². The highest BCUT2D eigenvalue weighted by Crippen LogP contribution is 2.25. The van der Waals surface area contributed by atoms with Crippen LogP contribution in [0.5, 0.6) is 0 Å². The molecule has 0 aromatic rings. The van der Waals surface area contributed by atoms with Gasteiger partial charge in [-0.15, -0.1) is 24.0 Å². The van der Waals surface area contributed by atoms with Crippen LogP contribution in [0.4, 0.5) is 0 Å². The van der Waals surface area contributed by atoms with E-state index in [4.69, 9.17) is 0 Å². The number of sulfonamides is 1. The zero-order valence-electron chi connectivity index (χ0n) is 16.2. The highest BCUT2D eigenvalue weighted by Gasteiger charge is 2.27. The highest BCUT2D eigenvalue weighted by molar-refractivity contribution is 14.0. The van der Waals surface area contributed by atoms with E-state index in [2.05, 4.69) is 25.2 Å². The Hall–Kier alpha value is -0.130. The van der Waals surface area contributed by atoms with Crippen LogP contribution in [0.3, 0.4) is 0 Å². The molecule has 7 nitrogen and oxygen atoms in total. The molecule has 2 aliphatic rings. The van der Waals surface area contributed by atoms with E-state index < -0.39 is 10.0 Å². The van der Waals surface area contributed by atoms with Gasteiger partial charge in [-0.1, -0.05) is 19.3 Å². The zero-order chi connectivity index (χ0) is 18.1. The van der Waals surface area contributed by atoms with E-state index in [0.717, 1.165) is 31.5 Å². The van der Waals surface area contributed by atoms with Crippen LogP contribution < -0.4 is 15.4 Å². The van der Waals surface area contributed by atoms with Crippen molar-refractivity contribution in [3.8, 4) is 0 Å². The molecule has 0 radical (unpaired) electrons. The lowest BCUT2D eigenvalue weighted by Crippen LogP contribution is -2.53. The van der Waals surface area contributed by atoms with Crippen LogP contribution in [0.25, 0.3) is 0 Å². The van der Waals surface area contributed by atoms with E-state index >= 15 is 0 Å². The fraction of sp³-hybridized carbons (Fsp3) is 0.941. The Kier molecular flexibility index (Phi) is 11.4. The summed E-state index contributed by atoms with van der Waals surface area (Å²) in [6.45, 7) is 5.90. The third kappa shape index (κ3) is 9.18. The number of nitrogens with one attached hydrogen (secondary N) is 3. The Balaban J connectivity index is 0.00000338. The van der Waals surface area contributed by atoms with Crippen LogP contribution in [0.2, 0.25) is 0 Å². The normalized spacial score (nSPS) is 23.3. The average molecular weight is 501 g/mol. The summed E-state index contributed by atoms with van der Waals surface area (Å²) in [5, 5.41) is 6.81. The smallest absolute Gasteiger partial charge is 0.208 e. The summed E-state index contributed by atoms with van der Waals surface area (Å²) in [4.78, 5) is 7.16. The summed E-state index contributed by atoms with van der Waals surface area (Å²) in [5.41, 5.74) is 0. The first kappa shape index (κ1) is 23.9. The molecule has 0 aromatic heterocycles.